The van der Waals surface area contributed by atoms with Crippen LogP contribution in [0.2, 0.25) is 0 Å². The van der Waals surface area contributed by atoms with Gasteiger partial charge in [-0.25, -0.2) is 8.42 Å². The fourth-order valence-electron chi connectivity index (χ4n) is 1.55. The predicted octanol–water partition coefficient (Wildman–Crippen LogP) is 3.41. The van der Waals surface area contributed by atoms with Crippen molar-refractivity contribution < 1.29 is 8.42 Å². The molecule has 0 fully saturated rings. The minimum atomic E-state index is -3.46. The predicted molar refractivity (Wildman–Crippen MR) is 85.4 cm³/mol. The van der Waals surface area contributed by atoms with Crippen LogP contribution in [0.4, 0.5) is 5.69 Å². The second-order valence-corrected chi connectivity index (χ2v) is 6.29. The van der Waals surface area contributed by atoms with Gasteiger partial charge in [0.05, 0.1) is 4.90 Å². The van der Waals surface area contributed by atoms with Gasteiger partial charge in [0.2, 0.25) is 0 Å². The largest absolute Gasteiger partial charge is 0.347 e. The van der Waals surface area contributed by atoms with Crippen molar-refractivity contribution in [3.05, 3.63) is 72.1 Å². The summed E-state index contributed by atoms with van der Waals surface area (Å²) in [6.07, 6.45) is 1.38. The van der Waals surface area contributed by atoms with Crippen LogP contribution in [0.25, 0.3) is 0 Å². The average molecular weight is 303 g/mol. The lowest BCUT2D eigenvalue weighted by Gasteiger charge is -2.03. The first kappa shape index (κ1) is 14.4. The van der Waals surface area contributed by atoms with Gasteiger partial charge in [-0.3, -0.25) is 0 Å². The molecule has 0 bridgehead atoms. The number of nitrogens with one attached hydrogen (secondary N) is 1. The molecular weight excluding hydrogens is 290 g/mol. The number of para-hydroxylation sites is 1. The smallest absolute Gasteiger partial charge is 0.199 e. The Kier molecular flexibility index (Phi) is 4.65. The molecule has 0 saturated carbocycles. The summed E-state index contributed by atoms with van der Waals surface area (Å²) in [6.45, 7) is 0. The van der Waals surface area contributed by atoms with Crippen molar-refractivity contribution in [2.75, 3.05) is 5.32 Å². The highest BCUT2D eigenvalue weighted by Gasteiger charge is 2.09. The summed E-state index contributed by atoms with van der Waals surface area (Å²) >= 11 is 5.09. The minimum Gasteiger partial charge on any atom is -0.347 e. The molecule has 1 N–H and O–H groups in total. The van der Waals surface area contributed by atoms with Crippen molar-refractivity contribution >= 4 is 32.7 Å². The SMILES string of the molecule is O=S(=O)(C=CC(=S)Nc1ccccc1)c1ccccc1. The third-order valence-corrected chi connectivity index (χ3v) is 4.17. The fraction of sp³-hybridized carbons (Fsp3) is 0. The molecule has 0 atom stereocenters. The maximum absolute atomic E-state index is 12.0. The van der Waals surface area contributed by atoms with Crippen molar-refractivity contribution in [1.29, 1.82) is 0 Å². The third kappa shape index (κ3) is 4.01. The number of thiocarbonyl (C=S) groups is 1. The minimum absolute atomic E-state index is 0.249. The Morgan fingerprint density at radius 2 is 1.50 bits per heavy atom. The van der Waals surface area contributed by atoms with Gasteiger partial charge in [-0.05, 0) is 30.3 Å². The average Bonchev–Trinajstić information content (AvgIpc) is 2.47. The van der Waals surface area contributed by atoms with E-state index in [2.05, 4.69) is 5.32 Å². The molecule has 0 radical (unpaired) electrons. The highest BCUT2D eigenvalue weighted by molar-refractivity contribution is 7.94. The number of hydrogen-bond donors (Lipinski definition) is 1. The molecule has 2 rings (SSSR count). The topological polar surface area (TPSA) is 46.2 Å². The molecule has 2 aromatic carbocycles. The molecular formula is C15H13NO2S2. The molecule has 0 unspecified atom stereocenters. The maximum Gasteiger partial charge on any atom is 0.199 e. The lowest BCUT2D eigenvalue weighted by atomic mass is 10.3. The summed E-state index contributed by atoms with van der Waals surface area (Å²) in [7, 11) is -3.46. The van der Waals surface area contributed by atoms with Crippen molar-refractivity contribution in [1.82, 2.24) is 0 Å². The molecule has 0 aromatic heterocycles. The van der Waals surface area contributed by atoms with Gasteiger partial charge in [0.15, 0.2) is 9.84 Å². The molecule has 3 nitrogen and oxygen atoms in total. The van der Waals surface area contributed by atoms with Crippen molar-refractivity contribution in [2.45, 2.75) is 4.90 Å². The van der Waals surface area contributed by atoms with Crippen molar-refractivity contribution in [3.8, 4) is 0 Å². The summed E-state index contributed by atoms with van der Waals surface area (Å²) in [5, 5.41) is 4.06. The van der Waals surface area contributed by atoms with E-state index in [1.807, 2.05) is 30.3 Å². The summed E-state index contributed by atoms with van der Waals surface area (Å²) in [5.74, 6) is 0. The molecule has 0 saturated heterocycles. The van der Waals surface area contributed by atoms with Crippen LogP contribution < -0.4 is 5.32 Å². The lowest BCUT2D eigenvalue weighted by Crippen LogP contribution is -2.06. The fourth-order valence-corrected chi connectivity index (χ4v) is 2.83. The molecule has 0 aliphatic carbocycles. The Morgan fingerprint density at radius 3 is 2.10 bits per heavy atom. The van der Waals surface area contributed by atoms with Gasteiger partial charge in [0.1, 0.15) is 4.99 Å². The summed E-state index contributed by atoms with van der Waals surface area (Å²) in [4.78, 5) is 0.592. The monoisotopic (exact) mass is 303 g/mol. The van der Waals surface area contributed by atoms with E-state index in [0.29, 0.717) is 4.99 Å². The van der Waals surface area contributed by atoms with Gasteiger partial charge in [-0.1, -0.05) is 48.6 Å². The van der Waals surface area contributed by atoms with E-state index in [1.165, 1.54) is 6.08 Å². The Bertz CT molecular complexity index is 708. The number of sulfone groups is 1. The van der Waals surface area contributed by atoms with Gasteiger partial charge in [-0.15, -0.1) is 0 Å². The van der Waals surface area contributed by atoms with Gasteiger partial charge in [0, 0.05) is 11.1 Å². The zero-order valence-electron chi connectivity index (χ0n) is 10.6. The van der Waals surface area contributed by atoms with Crippen LogP contribution in [-0.2, 0) is 9.84 Å². The third-order valence-electron chi connectivity index (χ3n) is 2.51. The normalized spacial score (nSPS) is 11.4. The highest BCUT2D eigenvalue weighted by Crippen LogP contribution is 2.11. The molecule has 102 valence electrons. The summed E-state index contributed by atoms with van der Waals surface area (Å²) in [6, 6.07) is 17.6. The standard InChI is InChI=1S/C15H13NO2S2/c17-20(18,14-9-5-2-6-10-14)12-11-15(19)16-13-7-3-1-4-8-13/h1-12H,(H,16,19). The van der Waals surface area contributed by atoms with E-state index < -0.39 is 9.84 Å². The summed E-state index contributed by atoms with van der Waals surface area (Å²) < 4.78 is 24.0. The molecule has 0 aliphatic rings. The van der Waals surface area contributed by atoms with E-state index in [1.54, 1.807) is 30.3 Å². The molecule has 0 amide bonds. The van der Waals surface area contributed by atoms with Crippen LogP contribution in [-0.4, -0.2) is 13.4 Å². The summed E-state index contributed by atoms with van der Waals surface area (Å²) in [5.41, 5.74) is 0.819. The van der Waals surface area contributed by atoms with Crippen LogP contribution in [0.5, 0.6) is 0 Å². The van der Waals surface area contributed by atoms with Gasteiger partial charge >= 0.3 is 0 Å². The first-order valence-electron chi connectivity index (χ1n) is 5.92. The molecule has 5 heteroatoms. The molecule has 2 aromatic rings. The molecule has 0 spiro atoms. The van der Waals surface area contributed by atoms with Crippen molar-refractivity contribution in [2.24, 2.45) is 0 Å². The Morgan fingerprint density at radius 1 is 0.950 bits per heavy atom. The van der Waals surface area contributed by atoms with E-state index in [9.17, 15) is 8.42 Å². The van der Waals surface area contributed by atoms with Gasteiger partial charge < -0.3 is 5.32 Å². The van der Waals surface area contributed by atoms with Crippen molar-refractivity contribution in [3.63, 3.8) is 0 Å². The van der Waals surface area contributed by atoms with E-state index in [0.717, 1.165) is 11.1 Å². The first-order valence-corrected chi connectivity index (χ1v) is 7.88. The Hall–Kier alpha value is -1.98. The van der Waals surface area contributed by atoms with Crippen LogP contribution >= 0.6 is 12.2 Å². The maximum atomic E-state index is 12.0. The lowest BCUT2D eigenvalue weighted by molar-refractivity contribution is 0.604. The number of benzene rings is 2. The van der Waals surface area contributed by atoms with E-state index in [-0.39, 0.29) is 4.90 Å². The second kappa shape index (κ2) is 6.45. The van der Waals surface area contributed by atoms with E-state index in [4.69, 9.17) is 12.2 Å². The number of anilines is 1. The zero-order chi connectivity index (χ0) is 14.4. The van der Waals surface area contributed by atoms with Gasteiger partial charge in [-0.2, -0.15) is 0 Å². The Balaban J connectivity index is 2.08. The highest BCUT2D eigenvalue weighted by atomic mass is 32.2. The number of hydrogen-bond acceptors (Lipinski definition) is 3. The quantitative estimate of drug-likeness (QED) is 0.694. The molecule has 0 heterocycles. The number of rotatable bonds is 4. The van der Waals surface area contributed by atoms with Crippen LogP contribution in [0, 0.1) is 0 Å². The Labute approximate surface area is 123 Å². The van der Waals surface area contributed by atoms with Gasteiger partial charge in [0.25, 0.3) is 0 Å². The van der Waals surface area contributed by atoms with Crippen LogP contribution in [0.3, 0.4) is 0 Å². The zero-order valence-corrected chi connectivity index (χ0v) is 12.2. The molecule has 0 aliphatic heterocycles. The second-order valence-electron chi connectivity index (χ2n) is 4.02. The van der Waals surface area contributed by atoms with Crippen LogP contribution in [0.1, 0.15) is 0 Å². The first-order chi connectivity index (χ1) is 9.58. The van der Waals surface area contributed by atoms with E-state index >= 15 is 0 Å². The van der Waals surface area contributed by atoms with Crippen LogP contribution in [0.15, 0.2) is 77.0 Å². The molecule has 20 heavy (non-hydrogen) atoms.